The number of ether oxygens (including phenoxy) is 2. The van der Waals surface area contributed by atoms with Crippen LogP contribution in [-0.2, 0) is 9.59 Å². The van der Waals surface area contributed by atoms with Gasteiger partial charge in [-0.25, -0.2) is 0 Å². The van der Waals surface area contributed by atoms with Gasteiger partial charge in [0.05, 0.1) is 0 Å². The molecule has 6 heteroatoms. The van der Waals surface area contributed by atoms with Crippen molar-refractivity contribution in [1.29, 1.82) is 0 Å². The molecule has 3 aromatic rings. The average Bonchev–Trinajstić information content (AvgIpc) is 2.70. The summed E-state index contributed by atoms with van der Waals surface area (Å²) in [4.78, 5) is 23.5. The second-order valence-corrected chi connectivity index (χ2v) is 6.00. The summed E-state index contributed by atoms with van der Waals surface area (Å²) in [5.41, 5.74) is 5.68. The number of rotatable bonds is 6. The van der Waals surface area contributed by atoms with Crippen molar-refractivity contribution < 1.29 is 19.1 Å². The van der Waals surface area contributed by atoms with Gasteiger partial charge in [0.25, 0.3) is 11.8 Å². The summed E-state index contributed by atoms with van der Waals surface area (Å²) in [6, 6.07) is 20.8. The van der Waals surface area contributed by atoms with Crippen molar-refractivity contribution >= 4 is 22.6 Å². The van der Waals surface area contributed by atoms with Crippen molar-refractivity contribution in [3.8, 4) is 11.5 Å². The number of hydrogen-bond acceptors (Lipinski definition) is 4. The van der Waals surface area contributed by atoms with Gasteiger partial charge >= 0.3 is 0 Å². The van der Waals surface area contributed by atoms with Gasteiger partial charge in [-0.15, -0.1) is 0 Å². The van der Waals surface area contributed by atoms with Crippen LogP contribution in [-0.4, -0.2) is 25.0 Å². The maximum absolute atomic E-state index is 11.8. The molecule has 138 valence electrons. The molecule has 0 spiro atoms. The summed E-state index contributed by atoms with van der Waals surface area (Å²) in [5, 5.41) is 2.12. The molecule has 0 aliphatic heterocycles. The molecule has 2 N–H and O–H groups in total. The zero-order valence-corrected chi connectivity index (χ0v) is 14.9. The summed E-state index contributed by atoms with van der Waals surface area (Å²) < 4.78 is 10.8. The Morgan fingerprint density at radius 2 is 1.30 bits per heavy atom. The fourth-order valence-electron chi connectivity index (χ4n) is 2.40. The van der Waals surface area contributed by atoms with E-state index in [1.807, 2.05) is 55.5 Å². The molecule has 2 amide bonds. The van der Waals surface area contributed by atoms with E-state index in [0.29, 0.717) is 11.5 Å². The van der Waals surface area contributed by atoms with Crippen LogP contribution in [0, 0.1) is 6.92 Å². The molecule has 0 saturated heterocycles. The Balaban J connectivity index is 1.39. The van der Waals surface area contributed by atoms with Crippen LogP contribution in [0.3, 0.4) is 0 Å². The molecule has 0 bridgehead atoms. The van der Waals surface area contributed by atoms with Crippen molar-refractivity contribution in [1.82, 2.24) is 10.9 Å². The quantitative estimate of drug-likeness (QED) is 0.660. The number of amides is 2. The third-order valence-electron chi connectivity index (χ3n) is 3.82. The highest BCUT2D eigenvalue weighted by Gasteiger charge is 2.07. The first-order valence-electron chi connectivity index (χ1n) is 8.49. The molecule has 6 nitrogen and oxygen atoms in total. The molecule has 0 heterocycles. The van der Waals surface area contributed by atoms with Crippen molar-refractivity contribution in [3.05, 3.63) is 72.3 Å². The Labute approximate surface area is 157 Å². The number of carbonyl (C=O) groups excluding carboxylic acids is 2. The van der Waals surface area contributed by atoms with E-state index >= 15 is 0 Å². The zero-order valence-electron chi connectivity index (χ0n) is 14.9. The van der Waals surface area contributed by atoms with Crippen LogP contribution in [0.25, 0.3) is 10.8 Å². The first-order chi connectivity index (χ1) is 13.1. The Kier molecular flexibility index (Phi) is 5.89. The fourth-order valence-corrected chi connectivity index (χ4v) is 2.40. The second-order valence-electron chi connectivity index (χ2n) is 6.00. The minimum absolute atomic E-state index is 0.200. The van der Waals surface area contributed by atoms with E-state index in [9.17, 15) is 9.59 Å². The van der Waals surface area contributed by atoms with Crippen molar-refractivity contribution in [3.63, 3.8) is 0 Å². The molecule has 3 rings (SSSR count). The lowest BCUT2D eigenvalue weighted by Crippen LogP contribution is -2.45. The molecule has 27 heavy (non-hydrogen) atoms. The van der Waals surface area contributed by atoms with E-state index in [0.717, 1.165) is 16.3 Å². The van der Waals surface area contributed by atoms with E-state index in [4.69, 9.17) is 9.47 Å². The summed E-state index contributed by atoms with van der Waals surface area (Å²) in [6.45, 7) is 1.55. The van der Waals surface area contributed by atoms with Crippen LogP contribution >= 0.6 is 0 Å². The molecule has 0 radical (unpaired) electrons. The van der Waals surface area contributed by atoms with Gasteiger partial charge in [0.15, 0.2) is 13.2 Å². The minimum Gasteiger partial charge on any atom is -0.484 e. The molecule has 3 aromatic carbocycles. The Morgan fingerprint density at radius 3 is 1.96 bits per heavy atom. The smallest absolute Gasteiger partial charge is 0.276 e. The van der Waals surface area contributed by atoms with Crippen LogP contribution in [0.15, 0.2) is 66.7 Å². The lowest BCUT2D eigenvalue weighted by molar-refractivity contribution is -0.131. The minimum atomic E-state index is -0.466. The number of fused-ring (bicyclic) bond motifs is 1. The topological polar surface area (TPSA) is 76.7 Å². The van der Waals surface area contributed by atoms with Gasteiger partial charge in [-0.3, -0.25) is 20.4 Å². The predicted molar refractivity (Wildman–Crippen MR) is 102 cm³/mol. The first kappa shape index (κ1) is 18.3. The Bertz CT molecular complexity index is 938. The van der Waals surface area contributed by atoms with E-state index in [1.54, 1.807) is 18.2 Å². The van der Waals surface area contributed by atoms with Crippen LogP contribution in [0.2, 0.25) is 0 Å². The molecule has 0 atom stereocenters. The van der Waals surface area contributed by atoms with Gasteiger partial charge in [0, 0.05) is 0 Å². The summed E-state index contributed by atoms with van der Waals surface area (Å²) >= 11 is 0. The molecule has 0 saturated carbocycles. The maximum Gasteiger partial charge on any atom is 0.276 e. The fraction of sp³-hybridized carbons (Fsp3) is 0.143. The molecule has 0 aliphatic rings. The number of benzene rings is 3. The lowest BCUT2D eigenvalue weighted by atomic mass is 10.1. The summed E-state index contributed by atoms with van der Waals surface area (Å²) in [7, 11) is 0. The summed E-state index contributed by atoms with van der Waals surface area (Å²) in [5.74, 6) is 0.237. The molecular weight excluding hydrogens is 344 g/mol. The third kappa shape index (κ3) is 5.47. The predicted octanol–water partition coefficient (Wildman–Crippen LogP) is 2.75. The Morgan fingerprint density at radius 1 is 0.741 bits per heavy atom. The number of carbonyl (C=O) groups is 2. The van der Waals surface area contributed by atoms with Gasteiger partial charge in [-0.1, -0.05) is 48.0 Å². The molecule has 0 aromatic heterocycles. The number of aryl methyl sites for hydroxylation is 1. The van der Waals surface area contributed by atoms with Crippen molar-refractivity contribution in [2.45, 2.75) is 6.92 Å². The highest BCUT2D eigenvalue weighted by atomic mass is 16.5. The van der Waals surface area contributed by atoms with Gasteiger partial charge in [-0.2, -0.15) is 0 Å². The third-order valence-corrected chi connectivity index (χ3v) is 3.82. The van der Waals surface area contributed by atoms with E-state index in [2.05, 4.69) is 10.9 Å². The van der Waals surface area contributed by atoms with Crippen LogP contribution in [0.1, 0.15) is 5.56 Å². The van der Waals surface area contributed by atoms with Crippen molar-refractivity contribution in [2.75, 3.05) is 13.2 Å². The van der Waals surface area contributed by atoms with Crippen LogP contribution < -0.4 is 20.3 Å². The van der Waals surface area contributed by atoms with E-state index < -0.39 is 11.8 Å². The Hall–Kier alpha value is -3.54. The standard InChI is InChI=1S/C21H20N2O4/c1-15-6-9-18(10-7-15)26-13-20(24)22-23-21(25)14-27-19-11-8-16-4-2-3-5-17(16)12-19/h2-12H,13-14H2,1H3,(H,22,24)(H,23,25). The number of nitrogens with one attached hydrogen (secondary N) is 2. The van der Waals surface area contributed by atoms with Crippen molar-refractivity contribution in [2.24, 2.45) is 0 Å². The molecule has 0 unspecified atom stereocenters. The van der Waals surface area contributed by atoms with Gasteiger partial charge in [0.1, 0.15) is 11.5 Å². The van der Waals surface area contributed by atoms with E-state index in [-0.39, 0.29) is 13.2 Å². The normalized spacial score (nSPS) is 10.3. The number of hydrazine groups is 1. The van der Waals surface area contributed by atoms with Gasteiger partial charge in [0.2, 0.25) is 0 Å². The number of hydrogen-bond donors (Lipinski definition) is 2. The largest absolute Gasteiger partial charge is 0.484 e. The van der Waals surface area contributed by atoms with E-state index in [1.165, 1.54) is 0 Å². The highest BCUT2D eigenvalue weighted by molar-refractivity contribution is 5.85. The SMILES string of the molecule is Cc1ccc(OCC(=O)NNC(=O)COc2ccc3ccccc3c2)cc1. The lowest BCUT2D eigenvalue weighted by Gasteiger charge is -2.10. The highest BCUT2D eigenvalue weighted by Crippen LogP contribution is 2.20. The maximum atomic E-state index is 11.8. The molecule has 0 aliphatic carbocycles. The van der Waals surface area contributed by atoms with Crippen LogP contribution in [0.4, 0.5) is 0 Å². The first-order valence-corrected chi connectivity index (χ1v) is 8.49. The molecular formula is C21H20N2O4. The molecule has 0 fully saturated rings. The van der Waals surface area contributed by atoms with Crippen LogP contribution in [0.5, 0.6) is 11.5 Å². The van der Waals surface area contributed by atoms with Gasteiger partial charge in [-0.05, 0) is 42.0 Å². The van der Waals surface area contributed by atoms with Gasteiger partial charge < -0.3 is 9.47 Å². The monoisotopic (exact) mass is 364 g/mol. The zero-order chi connectivity index (χ0) is 19.1. The summed E-state index contributed by atoms with van der Waals surface area (Å²) in [6.07, 6.45) is 0. The average molecular weight is 364 g/mol. The second kappa shape index (κ2) is 8.71.